The molecule has 1 atom stereocenters. The van der Waals surface area contributed by atoms with Gasteiger partial charge in [-0.1, -0.05) is 12.2 Å². The van der Waals surface area contributed by atoms with Crippen LogP contribution in [0.25, 0.3) is 0 Å². The van der Waals surface area contributed by atoms with Crippen molar-refractivity contribution in [2.24, 2.45) is 5.73 Å². The Balaban J connectivity index is 2.32. The number of unbranched alkanes of at least 4 members (excludes halogenated alkanes) is 1. The molecule has 1 aliphatic heterocycles. The first-order chi connectivity index (χ1) is 7.50. The lowest BCUT2D eigenvalue weighted by Gasteiger charge is -2.31. The van der Waals surface area contributed by atoms with Gasteiger partial charge in [0.2, 0.25) is 11.8 Å². The van der Waals surface area contributed by atoms with Crippen molar-refractivity contribution in [1.29, 1.82) is 0 Å². The molecule has 1 unspecified atom stereocenters. The van der Waals surface area contributed by atoms with E-state index in [0.29, 0.717) is 11.5 Å². The van der Waals surface area contributed by atoms with Crippen molar-refractivity contribution in [3.63, 3.8) is 0 Å². The molecule has 0 radical (unpaired) electrons. The van der Waals surface area contributed by atoms with Crippen LogP contribution in [-0.4, -0.2) is 40.8 Å². The molecule has 90 valence electrons. The summed E-state index contributed by atoms with van der Waals surface area (Å²) in [6.07, 6.45) is 2.51. The zero-order valence-electron chi connectivity index (χ0n) is 9.36. The van der Waals surface area contributed by atoms with Crippen LogP contribution in [-0.2, 0) is 9.59 Å². The minimum atomic E-state index is -0.234. The molecule has 0 aromatic carbocycles. The Labute approximate surface area is 100 Å². The molecule has 5 nitrogen and oxygen atoms in total. The maximum atomic E-state index is 11.3. The molecule has 1 heterocycles. The maximum Gasteiger partial charge on any atom is 0.243 e. The lowest BCUT2D eigenvalue weighted by atomic mass is 10.1. The molecule has 0 bridgehead atoms. The van der Waals surface area contributed by atoms with Crippen molar-refractivity contribution in [2.45, 2.75) is 32.2 Å². The molecule has 0 saturated carbocycles. The van der Waals surface area contributed by atoms with Crippen molar-refractivity contribution < 1.29 is 9.59 Å². The molecule has 0 aromatic heterocycles. The fourth-order valence-electron chi connectivity index (χ4n) is 1.66. The van der Waals surface area contributed by atoms with Crippen molar-refractivity contribution >= 4 is 29.0 Å². The molecular formula is C10H17N3O2S. The summed E-state index contributed by atoms with van der Waals surface area (Å²) in [6, 6.07) is -0.234. The normalized spacial score (nSPS) is 21.9. The number of nitrogens with two attached hydrogens (primary N) is 1. The van der Waals surface area contributed by atoms with E-state index in [9.17, 15) is 9.59 Å². The first-order valence-electron chi connectivity index (χ1n) is 5.36. The third-order valence-electron chi connectivity index (χ3n) is 2.65. The van der Waals surface area contributed by atoms with Crippen molar-refractivity contribution in [3.8, 4) is 0 Å². The Bertz CT molecular complexity index is 306. The molecule has 2 amide bonds. The van der Waals surface area contributed by atoms with E-state index < -0.39 is 0 Å². The van der Waals surface area contributed by atoms with Crippen LogP contribution in [0.4, 0.5) is 0 Å². The number of thiocarbonyl (C=S) groups is 1. The summed E-state index contributed by atoms with van der Waals surface area (Å²) < 4.78 is 0. The third kappa shape index (κ3) is 3.86. The molecule has 3 N–H and O–H groups in total. The highest BCUT2D eigenvalue weighted by Crippen LogP contribution is 2.07. The monoisotopic (exact) mass is 243 g/mol. The third-order valence-corrected chi connectivity index (χ3v) is 2.86. The number of nitrogens with zero attached hydrogens (tertiary/aromatic N) is 1. The summed E-state index contributed by atoms with van der Waals surface area (Å²) in [5.74, 6) is -0.442. The van der Waals surface area contributed by atoms with E-state index in [1.165, 1.54) is 0 Å². The van der Waals surface area contributed by atoms with Crippen molar-refractivity contribution in [1.82, 2.24) is 10.2 Å². The van der Waals surface area contributed by atoms with E-state index in [1.54, 1.807) is 6.92 Å². The molecule has 16 heavy (non-hydrogen) atoms. The zero-order valence-corrected chi connectivity index (χ0v) is 10.2. The van der Waals surface area contributed by atoms with E-state index in [-0.39, 0.29) is 17.9 Å². The highest BCUT2D eigenvalue weighted by molar-refractivity contribution is 7.80. The molecule has 6 heteroatoms. The van der Waals surface area contributed by atoms with Crippen LogP contribution in [0.3, 0.4) is 0 Å². The lowest BCUT2D eigenvalue weighted by molar-refractivity contribution is -0.139. The van der Waals surface area contributed by atoms with Crippen LogP contribution in [0.2, 0.25) is 0 Å². The average Bonchev–Trinajstić information content (AvgIpc) is 2.19. The number of hydrogen-bond donors (Lipinski definition) is 2. The number of amides is 2. The van der Waals surface area contributed by atoms with Crippen LogP contribution < -0.4 is 11.1 Å². The molecular weight excluding hydrogens is 226 g/mol. The molecule has 1 saturated heterocycles. The van der Waals surface area contributed by atoms with Crippen LogP contribution in [0.5, 0.6) is 0 Å². The SMILES string of the molecule is CC1C(=O)NC(=O)CN1CCCCC(N)=S. The standard InChI is InChI=1S/C10H17N3O2S/c1-7-10(15)12-9(14)6-13(7)5-3-2-4-8(11)16/h7H,2-6H2,1H3,(H2,11,16)(H,12,14,15). The number of carbonyl (C=O) groups is 2. The van der Waals surface area contributed by atoms with Gasteiger partial charge in [0.1, 0.15) is 0 Å². The van der Waals surface area contributed by atoms with E-state index in [2.05, 4.69) is 5.32 Å². The van der Waals surface area contributed by atoms with Gasteiger partial charge >= 0.3 is 0 Å². The average molecular weight is 243 g/mol. The first-order valence-corrected chi connectivity index (χ1v) is 5.77. The van der Waals surface area contributed by atoms with Crippen LogP contribution in [0, 0.1) is 0 Å². The van der Waals surface area contributed by atoms with Gasteiger partial charge in [-0.15, -0.1) is 0 Å². The predicted octanol–water partition coefficient (Wildman–Crippen LogP) is -0.210. The summed E-state index contributed by atoms with van der Waals surface area (Å²) in [5, 5.41) is 2.31. The van der Waals surface area contributed by atoms with Crippen molar-refractivity contribution in [3.05, 3.63) is 0 Å². The lowest BCUT2D eigenvalue weighted by Crippen LogP contribution is -2.56. The number of nitrogens with one attached hydrogen (secondary N) is 1. The second kappa shape index (κ2) is 5.91. The van der Waals surface area contributed by atoms with Crippen LogP contribution >= 0.6 is 12.2 Å². The summed E-state index contributed by atoms with van der Waals surface area (Å²) in [5.41, 5.74) is 5.38. The molecule has 1 aliphatic rings. The van der Waals surface area contributed by atoms with Gasteiger partial charge in [0.05, 0.1) is 17.6 Å². The van der Waals surface area contributed by atoms with E-state index in [1.807, 2.05) is 4.90 Å². The van der Waals surface area contributed by atoms with Crippen LogP contribution in [0.1, 0.15) is 26.2 Å². The number of carbonyl (C=O) groups excluding carboxylic acids is 2. The number of rotatable bonds is 5. The summed E-state index contributed by atoms with van der Waals surface area (Å²) in [6.45, 7) is 2.82. The molecule has 1 rings (SSSR count). The fraction of sp³-hybridized carbons (Fsp3) is 0.700. The minimum Gasteiger partial charge on any atom is -0.393 e. The van der Waals surface area contributed by atoms with Crippen LogP contribution in [0.15, 0.2) is 0 Å². The number of piperazine rings is 1. The predicted molar refractivity (Wildman–Crippen MR) is 64.8 cm³/mol. The zero-order chi connectivity index (χ0) is 12.1. The summed E-state index contributed by atoms with van der Waals surface area (Å²) in [7, 11) is 0. The van der Waals surface area contributed by atoms with Gasteiger partial charge in [-0.3, -0.25) is 19.8 Å². The Morgan fingerprint density at radius 3 is 2.88 bits per heavy atom. The fourth-order valence-corrected chi connectivity index (χ4v) is 1.80. The highest BCUT2D eigenvalue weighted by Gasteiger charge is 2.29. The largest absolute Gasteiger partial charge is 0.393 e. The minimum absolute atomic E-state index is 0.217. The summed E-state index contributed by atoms with van der Waals surface area (Å²) >= 11 is 4.77. The van der Waals surface area contributed by atoms with Gasteiger partial charge in [-0.05, 0) is 32.7 Å². The van der Waals surface area contributed by atoms with Gasteiger partial charge in [0, 0.05) is 0 Å². The second-order valence-corrected chi connectivity index (χ2v) is 4.51. The highest BCUT2D eigenvalue weighted by atomic mass is 32.1. The van der Waals surface area contributed by atoms with Gasteiger partial charge in [-0.2, -0.15) is 0 Å². The second-order valence-electron chi connectivity index (χ2n) is 3.98. The van der Waals surface area contributed by atoms with Crippen molar-refractivity contribution in [2.75, 3.05) is 13.1 Å². The first kappa shape index (κ1) is 13.1. The van der Waals surface area contributed by atoms with E-state index in [4.69, 9.17) is 18.0 Å². The smallest absolute Gasteiger partial charge is 0.243 e. The molecule has 0 spiro atoms. The Hall–Kier alpha value is -1.01. The van der Waals surface area contributed by atoms with E-state index >= 15 is 0 Å². The summed E-state index contributed by atoms with van der Waals surface area (Å²) in [4.78, 5) is 24.9. The quantitative estimate of drug-likeness (QED) is 0.397. The molecule has 0 aromatic rings. The Morgan fingerprint density at radius 2 is 2.25 bits per heavy atom. The van der Waals surface area contributed by atoms with Gasteiger partial charge in [0.15, 0.2) is 0 Å². The topological polar surface area (TPSA) is 75.4 Å². The van der Waals surface area contributed by atoms with E-state index in [0.717, 1.165) is 25.8 Å². The molecule has 1 fully saturated rings. The number of hydrogen-bond acceptors (Lipinski definition) is 4. The van der Waals surface area contributed by atoms with Gasteiger partial charge in [0.25, 0.3) is 0 Å². The van der Waals surface area contributed by atoms with Gasteiger partial charge in [-0.25, -0.2) is 0 Å². The Morgan fingerprint density at radius 1 is 1.56 bits per heavy atom. The number of imide groups is 1. The molecule has 0 aliphatic carbocycles. The Kier molecular flexibility index (Phi) is 4.82. The van der Waals surface area contributed by atoms with Gasteiger partial charge < -0.3 is 5.73 Å². The maximum absolute atomic E-state index is 11.3.